The first-order valence-corrected chi connectivity index (χ1v) is 9.15. The van der Waals surface area contributed by atoms with E-state index in [0.29, 0.717) is 5.56 Å². The van der Waals surface area contributed by atoms with Crippen molar-refractivity contribution in [2.75, 3.05) is 0 Å². The van der Waals surface area contributed by atoms with Gasteiger partial charge in [0.1, 0.15) is 17.5 Å². The fourth-order valence-electron chi connectivity index (χ4n) is 3.55. The fourth-order valence-corrected chi connectivity index (χ4v) is 5.14. The standard InChI is InChI=1S/C18H22N2O4S/c1-9(2)12(17(23)24)19-14(21)13-18(3,4)25-16-11-8-6-5-7-10(11)15(22)20(13)16/h5-9,12-13,16H,1-4H3,(H,19,21)(H,23,24)/t12-,13-,16-/m0/s1. The number of hydrogen-bond donors (Lipinski definition) is 2. The fraction of sp³-hybridized carbons (Fsp3) is 0.500. The van der Waals surface area contributed by atoms with Gasteiger partial charge in [0.15, 0.2) is 0 Å². The summed E-state index contributed by atoms with van der Waals surface area (Å²) in [6, 6.07) is 5.68. The lowest BCUT2D eigenvalue weighted by Crippen LogP contribution is -2.56. The Bertz CT molecular complexity index is 746. The highest BCUT2D eigenvalue weighted by atomic mass is 32.2. The van der Waals surface area contributed by atoms with Crippen LogP contribution in [0.3, 0.4) is 0 Å². The number of rotatable bonds is 4. The van der Waals surface area contributed by atoms with Gasteiger partial charge in [0.05, 0.1) is 0 Å². The van der Waals surface area contributed by atoms with Crippen molar-refractivity contribution in [1.82, 2.24) is 10.2 Å². The van der Waals surface area contributed by atoms with Crippen LogP contribution in [0.4, 0.5) is 0 Å². The van der Waals surface area contributed by atoms with Gasteiger partial charge in [0.2, 0.25) is 5.91 Å². The van der Waals surface area contributed by atoms with Crippen LogP contribution in [0.1, 0.15) is 49.0 Å². The number of carbonyl (C=O) groups excluding carboxylic acids is 2. The normalized spacial score (nSPS) is 24.8. The topological polar surface area (TPSA) is 86.7 Å². The van der Waals surface area contributed by atoms with Crippen LogP contribution in [0.5, 0.6) is 0 Å². The number of amides is 2. The van der Waals surface area contributed by atoms with Crippen molar-refractivity contribution in [3.8, 4) is 0 Å². The molecule has 0 aromatic heterocycles. The summed E-state index contributed by atoms with van der Waals surface area (Å²) in [5, 5.41) is 11.8. The summed E-state index contributed by atoms with van der Waals surface area (Å²) in [5.74, 6) is -1.90. The van der Waals surface area contributed by atoms with Crippen molar-refractivity contribution < 1.29 is 19.5 Å². The van der Waals surface area contributed by atoms with E-state index in [1.54, 1.807) is 36.6 Å². The van der Waals surface area contributed by atoms with Crippen molar-refractivity contribution in [3.63, 3.8) is 0 Å². The molecule has 1 aromatic carbocycles. The summed E-state index contributed by atoms with van der Waals surface area (Å²) in [5.41, 5.74) is 1.53. The molecule has 0 saturated carbocycles. The number of benzene rings is 1. The number of carboxylic acids is 1. The van der Waals surface area contributed by atoms with Crippen LogP contribution in [0.25, 0.3) is 0 Å². The number of nitrogens with one attached hydrogen (secondary N) is 1. The van der Waals surface area contributed by atoms with E-state index in [2.05, 4.69) is 5.32 Å². The van der Waals surface area contributed by atoms with E-state index in [0.717, 1.165) is 5.56 Å². The van der Waals surface area contributed by atoms with Crippen LogP contribution < -0.4 is 5.32 Å². The molecule has 2 aliphatic rings. The van der Waals surface area contributed by atoms with E-state index in [4.69, 9.17) is 0 Å². The summed E-state index contributed by atoms with van der Waals surface area (Å²) in [4.78, 5) is 38.8. The van der Waals surface area contributed by atoms with Crippen molar-refractivity contribution in [2.45, 2.75) is 49.9 Å². The Labute approximate surface area is 151 Å². The molecule has 2 heterocycles. The molecule has 1 fully saturated rings. The van der Waals surface area contributed by atoms with E-state index in [9.17, 15) is 19.5 Å². The third-order valence-electron chi connectivity index (χ3n) is 4.78. The molecule has 25 heavy (non-hydrogen) atoms. The molecular weight excluding hydrogens is 340 g/mol. The summed E-state index contributed by atoms with van der Waals surface area (Å²) < 4.78 is -0.516. The van der Waals surface area contributed by atoms with E-state index in [-0.39, 0.29) is 17.2 Å². The number of fused-ring (bicyclic) bond motifs is 3. The summed E-state index contributed by atoms with van der Waals surface area (Å²) >= 11 is 1.56. The SMILES string of the molecule is CC(C)[C@H](NC(=O)[C@@H]1N2C(=O)c3ccccc3[C@@H]2SC1(C)C)C(=O)O. The minimum atomic E-state index is -1.07. The predicted octanol–water partition coefficient (Wildman–Crippen LogP) is 2.26. The van der Waals surface area contributed by atoms with Crippen LogP contribution in [0.15, 0.2) is 24.3 Å². The highest BCUT2D eigenvalue weighted by Crippen LogP contribution is 2.56. The molecule has 3 rings (SSSR count). The van der Waals surface area contributed by atoms with E-state index in [1.807, 2.05) is 32.0 Å². The minimum Gasteiger partial charge on any atom is -0.480 e. The Morgan fingerprint density at radius 2 is 1.92 bits per heavy atom. The van der Waals surface area contributed by atoms with Gasteiger partial charge < -0.3 is 15.3 Å². The molecule has 3 atom stereocenters. The lowest BCUT2D eigenvalue weighted by Gasteiger charge is -2.31. The lowest BCUT2D eigenvalue weighted by atomic mass is 9.98. The summed E-state index contributed by atoms with van der Waals surface area (Å²) in [6.07, 6.45) is 0. The Morgan fingerprint density at radius 3 is 2.52 bits per heavy atom. The molecule has 6 nitrogen and oxygen atoms in total. The van der Waals surface area contributed by atoms with Crippen LogP contribution in [0.2, 0.25) is 0 Å². The second kappa shape index (κ2) is 6.05. The molecule has 1 aromatic rings. The van der Waals surface area contributed by atoms with Gasteiger partial charge in [-0.15, -0.1) is 11.8 Å². The van der Waals surface area contributed by atoms with Crippen LogP contribution in [-0.4, -0.2) is 44.6 Å². The molecule has 134 valence electrons. The maximum absolute atomic E-state index is 12.9. The highest BCUT2D eigenvalue weighted by Gasteiger charge is 2.57. The number of hydrogen-bond acceptors (Lipinski definition) is 4. The van der Waals surface area contributed by atoms with Crippen LogP contribution >= 0.6 is 11.8 Å². The average molecular weight is 362 g/mol. The molecule has 0 spiro atoms. The van der Waals surface area contributed by atoms with Gasteiger partial charge in [-0.25, -0.2) is 4.79 Å². The van der Waals surface area contributed by atoms with E-state index < -0.39 is 28.7 Å². The predicted molar refractivity (Wildman–Crippen MR) is 95.2 cm³/mol. The van der Waals surface area contributed by atoms with Gasteiger partial charge in [0.25, 0.3) is 5.91 Å². The molecule has 0 aliphatic carbocycles. The monoisotopic (exact) mass is 362 g/mol. The molecule has 0 unspecified atom stereocenters. The van der Waals surface area contributed by atoms with Crippen LogP contribution in [-0.2, 0) is 9.59 Å². The smallest absolute Gasteiger partial charge is 0.326 e. The van der Waals surface area contributed by atoms with Gasteiger partial charge in [-0.1, -0.05) is 32.0 Å². The molecule has 1 saturated heterocycles. The van der Waals surface area contributed by atoms with Crippen molar-refractivity contribution >= 4 is 29.5 Å². The van der Waals surface area contributed by atoms with Crippen molar-refractivity contribution in [3.05, 3.63) is 35.4 Å². The quantitative estimate of drug-likeness (QED) is 0.858. The second-order valence-electron chi connectivity index (χ2n) is 7.34. The van der Waals surface area contributed by atoms with Gasteiger partial charge in [-0.3, -0.25) is 9.59 Å². The Balaban J connectivity index is 1.93. The Hall–Kier alpha value is -2.02. The molecule has 7 heteroatoms. The first-order chi connectivity index (χ1) is 11.6. The molecule has 2 aliphatic heterocycles. The van der Waals surface area contributed by atoms with Crippen LogP contribution in [0, 0.1) is 5.92 Å². The number of carbonyl (C=O) groups is 3. The summed E-state index contributed by atoms with van der Waals surface area (Å²) in [7, 11) is 0. The molecule has 0 radical (unpaired) electrons. The van der Waals surface area contributed by atoms with Crippen molar-refractivity contribution in [2.24, 2.45) is 5.92 Å². The average Bonchev–Trinajstić information content (AvgIpc) is 2.95. The number of aliphatic carboxylic acids is 1. The third kappa shape index (κ3) is 2.80. The van der Waals surface area contributed by atoms with E-state index in [1.165, 1.54) is 0 Å². The highest BCUT2D eigenvalue weighted by molar-refractivity contribution is 8.01. The summed E-state index contributed by atoms with van der Waals surface area (Å²) in [6.45, 7) is 7.32. The first kappa shape index (κ1) is 17.8. The molecular formula is C18H22N2O4S. The van der Waals surface area contributed by atoms with Gasteiger partial charge in [-0.05, 0) is 31.4 Å². The maximum Gasteiger partial charge on any atom is 0.326 e. The maximum atomic E-state index is 12.9. The van der Waals surface area contributed by atoms with E-state index >= 15 is 0 Å². The molecule has 2 amide bonds. The number of thioether (sulfide) groups is 1. The number of carboxylic acid groups (broad SMARTS) is 1. The molecule has 0 bridgehead atoms. The number of nitrogens with zero attached hydrogens (tertiary/aromatic N) is 1. The zero-order valence-electron chi connectivity index (χ0n) is 14.6. The first-order valence-electron chi connectivity index (χ1n) is 8.27. The van der Waals surface area contributed by atoms with Gasteiger partial charge in [0, 0.05) is 10.3 Å². The lowest BCUT2D eigenvalue weighted by molar-refractivity contribution is -0.144. The second-order valence-corrected chi connectivity index (χ2v) is 9.08. The third-order valence-corrected chi connectivity index (χ3v) is 6.31. The minimum absolute atomic E-state index is 0.171. The largest absolute Gasteiger partial charge is 0.480 e. The Kier molecular flexibility index (Phi) is 4.31. The zero-order valence-corrected chi connectivity index (χ0v) is 15.5. The Morgan fingerprint density at radius 1 is 1.28 bits per heavy atom. The van der Waals surface area contributed by atoms with Gasteiger partial charge in [-0.2, -0.15) is 0 Å². The zero-order chi connectivity index (χ0) is 18.5. The van der Waals surface area contributed by atoms with Gasteiger partial charge >= 0.3 is 5.97 Å². The van der Waals surface area contributed by atoms with Crippen molar-refractivity contribution in [1.29, 1.82) is 0 Å². The molecule has 2 N–H and O–H groups in total.